The molecule has 3 N–H and O–H groups in total. The van der Waals surface area contributed by atoms with Crippen LogP contribution in [0.4, 0.5) is 10.5 Å². The van der Waals surface area contributed by atoms with Gasteiger partial charge in [-0.2, -0.15) is 0 Å². The van der Waals surface area contributed by atoms with Crippen LogP contribution < -0.4 is 11.1 Å². The number of carbonyl (C=O) groups is 2. The molecule has 0 aromatic heterocycles. The predicted molar refractivity (Wildman–Crippen MR) is 102 cm³/mol. The maximum absolute atomic E-state index is 12.8. The predicted octanol–water partition coefficient (Wildman–Crippen LogP) is 3.61. The standard InChI is InChI=1S/C20H29N3O3/c1-5-6-11-23-14(4)17(19(24)26-12-13(2)3)18(22-20(23)25)15-7-9-16(21)10-8-15/h7-10,13,18H,5-6,11-12,21H2,1-4H3,(H,22,25)/t18-/m1/s1. The van der Waals surface area contributed by atoms with Crippen LogP contribution in [0.25, 0.3) is 0 Å². The van der Waals surface area contributed by atoms with Gasteiger partial charge in [0.25, 0.3) is 0 Å². The average molecular weight is 359 g/mol. The number of nitrogens with two attached hydrogens (primary N) is 1. The number of nitrogens with one attached hydrogen (secondary N) is 1. The summed E-state index contributed by atoms with van der Waals surface area (Å²) in [6.45, 7) is 8.77. The zero-order valence-electron chi connectivity index (χ0n) is 16.0. The number of ether oxygens (including phenoxy) is 1. The molecule has 0 bridgehead atoms. The van der Waals surface area contributed by atoms with Crippen LogP contribution in [0.15, 0.2) is 35.5 Å². The lowest BCUT2D eigenvalue weighted by Crippen LogP contribution is -2.48. The third kappa shape index (κ3) is 4.56. The zero-order valence-corrected chi connectivity index (χ0v) is 16.0. The molecule has 6 heteroatoms. The average Bonchev–Trinajstić information content (AvgIpc) is 2.59. The monoisotopic (exact) mass is 359 g/mol. The van der Waals surface area contributed by atoms with Gasteiger partial charge in [-0.1, -0.05) is 39.3 Å². The van der Waals surface area contributed by atoms with E-state index in [1.807, 2.05) is 32.9 Å². The smallest absolute Gasteiger partial charge is 0.338 e. The maximum Gasteiger partial charge on any atom is 0.338 e. The Balaban J connectivity index is 2.41. The van der Waals surface area contributed by atoms with Crippen molar-refractivity contribution in [2.45, 2.75) is 46.6 Å². The summed E-state index contributed by atoms with van der Waals surface area (Å²) in [5.41, 5.74) is 8.33. The number of allylic oxidation sites excluding steroid dienone is 1. The molecular weight excluding hydrogens is 330 g/mol. The molecule has 1 aromatic carbocycles. The summed E-state index contributed by atoms with van der Waals surface area (Å²) in [6.07, 6.45) is 1.83. The van der Waals surface area contributed by atoms with E-state index < -0.39 is 6.04 Å². The molecule has 1 heterocycles. The highest BCUT2D eigenvalue weighted by atomic mass is 16.5. The molecule has 2 amide bonds. The lowest BCUT2D eigenvalue weighted by Gasteiger charge is -2.35. The molecule has 1 atom stereocenters. The van der Waals surface area contributed by atoms with Crippen molar-refractivity contribution in [3.63, 3.8) is 0 Å². The largest absolute Gasteiger partial charge is 0.462 e. The van der Waals surface area contributed by atoms with Gasteiger partial charge in [0.1, 0.15) is 0 Å². The molecule has 0 saturated carbocycles. The molecule has 142 valence electrons. The minimum atomic E-state index is -0.541. The van der Waals surface area contributed by atoms with Crippen LogP contribution in [-0.4, -0.2) is 30.1 Å². The second-order valence-corrected chi connectivity index (χ2v) is 7.05. The lowest BCUT2D eigenvalue weighted by molar-refractivity contribution is -0.140. The van der Waals surface area contributed by atoms with Crippen LogP contribution in [0.2, 0.25) is 0 Å². The Morgan fingerprint density at radius 1 is 1.31 bits per heavy atom. The second kappa shape index (κ2) is 8.74. The van der Waals surface area contributed by atoms with Crippen LogP contribution in [0, 0.1) is 5.92 Å². The number of unbranched alkanes of at least 4 members (excludes halogenated alkanes) is 1. The summed E-state index contributed by atoms with van der Waals surface area (Å²) >= 11 is 0. The van der Waals surface area contributed by atoms with E-state index in [2.05, 4.69) is 12.2 Å². The second-order valence-electron chi connectivity index (χ2n) is 7.05. The fourth-order valence-corrected chi connectivity index (χ4v) is 2.89. The number of anilines is 1. The van der Waals surface area contributed by atoms with E-state index in [4.69, 9.17) is 10.5 Å². The van der Waals surface area contributed by atoms with Crippen molar-refractivity contribution >= 4 is 17.7 Å². The highest BCUT2D eigenvalue weighted by Crippen LogP contribution is 2.32. The molecule has 0 fully saturated rings. The molecule has 2 rings (SSSR count). The van der Waals surface area contributed by atoms with E-state index >= 15 is 0 Å². The van der Waals surface area contributed by atoms with E-state index in [9.17, 15) is 9.59 Å². The number of hydrogen-bond acceptors (Lipinski definition) is 4. The van der Waals surface area contributed by atoms with Crippen molar-refractivity contribution in [3.05, 3.63) is 41.1 Å². The Kier molecular flexibility index (Phi) is 6.66. The van der Waals surface area contributed by atoms with Crippen molar-refractivity contribution in [2.24, 2.45) is 5.92 Å². The molecule has 0 spiro atoms. The molecule has 26 heavy (non-hydrogen) atoms. The van der Waals surface area contributed by atoms with Crippen LogP contribution in [0.1, 0.15) is 52.1 Å². The van der Waals surface area contributed by atoms with E-state index in [1.165, 1.54) is 0 Å². The van der Waals surface area contributed by atoms with Gasteiger partial charge in [-0.3, -0.25) is 4.90 Å². The number of nitrogen functional groups attached to an aromatic ring is 1. The third-order valence-electron chi connectivity index (χ3n) is 4.37. The van der Waals surface area contributed by atoms with E-state index in [-0.39, 0.29) is 17.9 Å². The molecule has 1 aromatic rings. The summed E-state index contributed by atoms with van der Waals surface area (Å²) in [5, 5.41) is 2.95. The Morgan fingerprint density at radius 3 is 2.54 bits per heavy atom. The van der Waals surface area contributed by atoms with Gasteiger partial charge in [0.05, 0.1) is 18.2 Å². The molecular formula is C20H29N3O3. The van der Waals surface area contributed by atoms with Gasteiger partial charge in [0.2, 0.25) is 0 Å². The number of rotatable bonds is 7. The summed E-state index contributed by atoms with van der Waals surface area (Å²) in [6, 6.07) is 6.43. The van der Waals surface area contributed by atoms with E-state index in [0.29, 0.717) is 30.1 Å². The van der Waals surface area contributed by atoms with Crippen molar-refractivity contribution in [1.82, 2.24) is 10.2 Å². The molecule has 6 nitrogen and oxygen atoms in total. The first-order valence-electron chi connectivity index (χ1n) is 9.16. The van der Waals surface area contributed by atoms with Crippen molar-refractivity contribution in [3.8, 4) is 0 Å². The van der Waals surface area contributed by atoms with Crippen LogP contribution in [-0.2, 0) is 9.53 Å². The van der Waals surface area contributed by atoms with Crippen molar-refractivity contribution < 1.29 is 14.3 Å². The van der Waals surface area contributed by atoms with E-state index in [0.717, 1.165) is 18.4 Å². The SMILES string of the molecule is CCCCN1C(=O)N[C@H](c2ccc(N)cc2)C(C(=O)OCC(C)C)=C1C. The highest BCUT2D eigenvalue weighted by Gasteiger charge is 2.36. The Morgan fingerprint density at radius 2 is 1.96 bits per heavy atom. The normalized spacial score (nSPS) is 17.5. The quantitative estimate of drug-likeness (QED) is 0.575. The summed E-state index contributed by atoms with van der Waals surface area (Å²) in [5.74, 6) is -0.149. The number of carbonyl (C=O) groups excluding carboxylic acids is 2. The molecule has 1 aliphatic heterocycles. The van der Waals surface area contributed by atoms with Gasteiger partial charge < -0.3 is 15.8 Å². The maximum atomic E-state index is 12.8. The number of nitrogens with zero attached hydrogens (tertiary/aromatic N) is 1. The summed E-state index contributed by atoms with van der Waals surface area (Å²) in [7, 11) is 0. The van der Waals surface area contributed by atoms with Crippen LogP contribution in [0.5, 0.6) is 0 Å². The Labute approximate surface area is 155 Å². The number of esters is 1. The highest BCUT2D eigenvalue weighted by molar-refractivity contribution is 5.95. The minimum Gasteiger partial charge on any atom is -0.462 e. The first-order chi connectivity index (χ1) is 12.3. The van der Waals surface area contributed by atoms with Crippen LogP contribution >= 0.6 is 0 Å². The van der Waals surface area contributed by atoms with Crippen LogP contribution in [0.3, 0.4) is 0 Å². The third-order valence-corrected chi connectivity index (χ3v) is 4.37. The number of hydrogen-bond donors (Lipinski definition) is 2. The first-order valence-corrected chi connectivity index (χ1v) is 9.16. The van der Waals surface area contributed by atoms with Gasteiger partial charge in [0.15, 0.2) is 0 Å². The topological polar surface area (TPSA) is 84.7 Å². The Hall–Kier alpha value is -2.50. The molecule has 0 radical (unpaired) electrons. The number of amides is 2. The zero-order chi connectivity index (χ0) is 19.3. The van der Waals surface area contributed by atoms with Crippen molar-refractivity contribution in [1.29, 1.82) is 0 Å². The molecule has 1 aliphatic rings. The summed E-state index contributed by atoms with van der Waals surface area (Å²) < 4.78 is 5.48. The van der Waals surface area contributed by atoms with Gasteiger partial charge >= 0.3 is 12.0 Å². The van der Waals surface area contributed by atoms with Gasteiger partial charge in [-0.15, -0.1) is 0 Å². The molecule has 0 saturated heterocycles. The fraction of sp³-hybridized carbons (Fsp3) is 0.500. The molecule has 0 aliphatic carbocycles. The number of benzene rings is 1. The van der Waals surface area contributed by atoms with Gasteiger partial charge in [-0.05, 0) is 37.0 Å². The van der Waals surface area contributed by atoms with Gasteiger partial charge in [-0.25, -0.2) is 9.59 Å². The molecule has 0 unspecified atom stereocenters. The number of urea groups is 1. The first kappa shape index (κ1) is 19.8. The minimum absolute atomic E-state index is 0.196. The Bertz CT molecular complexity index is 680. The van der Waals surface area contributed by atoms with Gasteiger partial charge in [0, 0.05) is 17.9 Å². The van der Waals surface area contributed by atoms with E-state index in [1.54, 1.807) is 17.0 Å². The fourth-order valence-electron chi connectivity index (χ4n) is 2.89. The summed E-state index contributed by atoms with van der Waals surface area (Å²) in [4.78, 5) is 27.0. The lowest BCUT2D eigenvalue weighted by atomic mass is 9.94. The van der Waals surface area contributed by atoms with Crippen molar-refractivity contribution in [2.75, 3.05) is 18.9 Å².